The van der Waals surface area contributed by atoms with Crippen LogP contribution in [0.3, 0.4) is 0 Å². The Morgan fingerprint density at radius 2 is 0.714 bits per heavy atom. The van der Waals surface area contributed by atoms with E-state index in [9.17, 15) is 14.4 Å². The summed E-state index contributed by atoms with van der Waals surface area (Å²) in [5.41, 5.74) is 15.7. The van der Waals surface area contributed by atoms with Gasteiger partial charge in [-0.15, -0.1) is 0 Å². The Morgan fingerprint density at radius 3 is 0.750 bits per heavy atom. The predicted molar refractivity (Wildman–Crippen MR) is 105 cm³/mol. The Hall–Kier alpha value is -0.346. The molecule has 28 heavy (non-hydrogen) atoms. The molecule has 9 N–H and O–H groups in total. The van der Waals surface area contributed by atoms with Crippen LogP contribution in [-0.4, -0.2) is 51.4 Å². The zero-order valence-corrected chi connectivity index (χ0v) is 21.7. The zero-order valence-electron chi connectivity index (χ0n) is 18.0. The van der Waals surface area contributed by atoms with E-state index in [4.69, 9.17) is 32.5 Å². The van der Waals surface area contributed by atoms with Gasteiger partial charge in [-0.3, -0.25) is 14.4 Å². The van der Waals surface area contributed by atoms with Crippen LogP contribution in [0, 0.1) is 59.0 Å². The molecule has 0 saturated carbocycles. The molecule has 1 radical (unpaired) electrons. The van der Waals surface area contributed by atoms with Crippen molar-refractivity contribution < 1.29 is 71.0 Å². The molecule has 0 aliphatic carbocycles. The maximum Gasteiger partial charge on any atom is 0.320 e. The quantitative estimate of drug-likeness (QED) is 0.253. The van der Waals surface area contributed by atoms with Gasteiger partial charge < -0.3 is 32.5 Å². The number of carbonyl (C=O) groups is 3. The molecule has 0 aliphatic rings. The SMILES string of the molecule is CC(C)CC(N)C(=O)O.CC(C)CC(N)C(=O)O.CC(C)CC(N)C(=O)O.[Pr]. The van der Waals surface area contributed by atoms with E-state index < -0.39 is 36.0 Å². The number of hydrogen-bond acceptors (Lipinski definition) is 6. The van der Waals surface area contributed by atoms with Crippen molar-refractivity contribution >= 4 is 17.9 Å². The monoisotopic (exact) mass is 534 g/mol. The van der Waals surface area contributed by atoms with Crippen molar-refractivity contribution in [2.24, 2.45) is 35.0 Å². The summed E-state index contributed by atoms with van der Waals surface area (Å²) in [6, 6.07) is -2.07. The van der Waals surface area contributed by atoms with Crippen molar-refractivity contribution in [3.63, 3.8) is 0 Å². The van der Waals surface area contributed by atoms with Crippen LogP contribution < -0.4 is 17.2 Å². The van der Waals surface area contributed by atoms with Crippen molar-refractivity contribution in [3.05, 3.63) is 0 Å². The first kappa shape index (κ1) is 35.1. The molecule has 0 spiro atoms. The number of carboxylic acids is 3. The van der Waals surface area contributed by atoms with Gasteiger partial charge in [-0.25, -0.2) is 0 Å². The molecule has 9 nitrogen and oxygen atoms in total. The van der Waals surface area contributed by atoms with Crippen LogP contribution in [0.5, 0.6) is 0 Å². The topological polar surface area (TPSA) is 190 Å². The van der Waals surface area contributed by atoms with Gasteiger partial charge in [-0.05, 0) is 37.0 Å². The van der Waals surface area contributed by atoms with E-state index in [1.165, 1.54) is 0 Å². The molecule has 3 atom stereocenters. The Morgan fingerprint density at radius 1 is 0.571 bits per heavy atom. The zero-order chi connectivity index (χ0) is 22.3. The fraction of sp³-hybridized carbons (Fsp3) is 0.833. The molecular formula is C18H39N3O6Pr. The number of aliphatic carboxylic acids is 3. The van der Waals surface area contributed by atoms with Crippen molar-refractivity contribution in [1.82, 2.24) is 0 Å². The van der Waals surface area contributed by atoms with Gasteiger partial charge in [0.25, 0.3) is 0 Å². The maximum absolute atomic E-state index is 10.1. The average molecular weight is 534 g/mol. The van der Waals surface area contributed by atoms with E-state index in [1.54, 1.807) is 0 Å². The first-order valence-electron chi connectivity index (χ1n) is 9.06. The molecule has 0 aliphatic heterocycles. The summed E-state index contributed by atoms with van der Waals surface area (Å²) in [5, 5.41) is 24.9. The molecule has 0 bridgehead atoms. The second kappa shape index (κ2) is 19.9. The second-order valence-electron chi connectivity index (χ2n) is 7.72. The second-order valence-corrected chi connectivity index (χ2v) is 7.72. The minimum atomic E-state index is -0.913. The third kappa shape index (κ3) is 27.9. The Bertz CT molecular complexity index is 372. The summed E-state index contributed by atoms with van der Waals surface area (Å²) in [6.07, 6.45) is 1.65. The number of hydrogen-bond donors (Lipinski definition) is 6. The molecule has 0 aromatic heterocycles. The van der Waals surface area contributed by atoms with Crippen LogP contribution in [0.2, 0.25) is 0 Å². The van der Waals surface area contributed by atoms with Crippen LogP contribution in [0.4, 0.5) is 0 Å². The number of nitrogens with two attached hydrogens (primary N) is 3. The number of rotatable bonds is 9. The average Bonchev–Trinajstić information content (AvgIpc) is 2.46. The molecular weight excluding hydrogens is 495 g/mol. The van der Waals surface area contributed by atoms with Gasteiger partial charge in [-0.1, -0.05) is 41.5 Å². The summed E-state index contributed by atoms with van der Waals surface area (Å²) in [5.74, 6) is -1.67. The van der Waals surface area contributed by atoms with E-state index in [2.05, 4.69) is 0 Å². The maximum atomic E-state index is 10.1. The van der Waals surface area contributed by atoms with Gasteiger partial charge >= 0.3 is 17.9 Å². The van der Waals surface area contributed by atoms with Crippen LogP contribution in [0.1, 0.15) is 60.8 Å². The minimum absolute atomic E-state index is 0. The summed E-state index contributed by atoms with van der Waals surface area (Å²) in [4.78, 5) is 30.3. The fourth-order valence-corrected chi connectivity index (χ4v) is 1.83. The molecule has 0 aromatic carbocycles. The summed E-state index contributed by atoms with van der Waals surface area (Å²) < 4.78 is 0. The Labute approximate surface area is 201 Å². The summed E-state index contributed by atoms with van der Waals surface area (Å²) in [6.45, 7) is 11.7. The van der Waals surface area contributed by atoms with Gasteiger partial charge in [0, 0.05) is 41.3 Å². The van der Waals surface area contributed by atoms with E-state index in [0.29, 0.717) is 37.0 Å². The van der Waals surface area contributed by atoms with Crippen molar-refractivity contribution in [2.75, 3.05) is 0 Å². The molecule has 0 rings (SSSR count). The van der Waals surface area contributed by atoms with Crippen molar-refractivity contribution in [1.29, 1.82) is 0 Å². The molecule has 0 saturated heterocycles. The third-order valence-corrected chi connectivity index (χ3v) is 3.13. The van der Waals surface area contributed by atoms with E-state index >= 15 is 0 Å². The van der Waals surface area contributed by atoms with Gasteiger partial charge in [0.15, 0.2) is 0 Å². The Balaban J connectivity index is -0.000000152. The standard InChI is InChI=1S/3C6H13NO2.Pr/c3*1-4(2)3-5(7)6(8)9;/h3*4-5H,3,7H2,1-2H3,(H,8,9);. The van der Waals surface area contributed by atoms with Gasteiger partial charge in [0.05, 0.1) is 0 Å². The Kier molecular flexibility index (Phi) is 25.0. The van der Waals surface area contributed by atoms with Crippen LogP contribution in [-0.2, 0) is 14.4 Å². The molecule has 10 heteroatoms. The first-order chi connectivity index (χ1) is 12.1. The third-order valence-electron chi connectivity index (χ3n) is 3.13. The molecule has 0 heterocycles. The molecule has 165 valence electrons. The largest absolute Gasteiger partial charge is 0.480 e. The predicted octanol–water partition coefficient (Wildman–Crippen LogP) is 1.33. The summed E-state index contributed by atoms with van der Waals surface area (Å²) >= 11 is 0. The van der Waals surface area contributed by atoms with E-state index in [-0.39, 0.29) is 41.3 Å². The van der Waals surface area contributed by atoms with Crippen LogP contribution >= 0.6 is 0 Å². The minimum Gasteiger partial charge on any atom is -0.480 e. The van der Waals surface area contributed by atoms with Crippen LogP contribution in [0.25, 0.3) is 0 Å². The van der Waals surface area contributed by atoms with Crippen molar-refractivity contribution in [2.45, 2.75) is 78.9 Å². The van der Waals surface area contributed by atoms with Crippen LogP contribution in [0.15, 0.2) is 0 Å². The normalized spacial score (nSPS) is 13.3. The van der Waals surface area contributed by atoms with Crippen molar-refractivity contribution in [3.8, 4) is 0 Å². The van der Waals surface area contributed by atoms with E-state index in [0.717, 1.165) is 0 Å². The smallest absolute Gasteiger partial charge is 0.320 e. The van der Waals surface area contributed by atoms with Gasteiger partial charge in [0.2, 0.25) is 0 Å². The molecule has 3 unspecified atom stereocenters. The van der Waals surface area contributed by atoms with Gasteiger partial charge in [0.1, 0.15) is 18.1 Å². The van der Waals surface area contributed by atoms with E-state index in [1.807, 2.05) is 41.5 Å². The molecule has 0 amide bonds. The molecule has 0 aromatic rings. The molecule has 0 fully saturated rings. The van der Waals surface area contributed by atoms with Gasteiger partial charge in [-0.2, -0.15) is 0 Å². The number of carboxylic acid groups (broad SMARTS) is 3. The first-order valence-corrected chi connectivity index (χ1v) is 9.06. The fourth-order valence-electron chi connectivity index (χ4n) is 1.83. The summed E-state index contributed by atoms with van der Waals surface area (Å²) in [7, 11) is 0.